The van der Waals surface area contributed by atoms with Crippen LogP contribution in [0.25, 0.3) is 0 Å². The Balaban J connectivity index is 2.61. The van der Waals surface area contributed by atoms with Gasteiger partial charge in [-0.05, 0) is 12.5 Å². The third-order valence-electron chi connectivity index (χ3n) is 2.01. The summed E-state index contributed by atoms with van der Waals surface area (Å²) in [6.07, 6.45) is 0. The summed E-state index contributed by atoms with van der Waals surface area (Å²) in [4.78, 5) is 6.51. The summed E-state index contributed by atoms with van der Waals surface area (Å²) in [6, 6.07) is 10.3. The molecule has 82 valence electrons. The van der Waals surface area contributed by atoms with Gasteiger partial charge >= 0.3 is 0 Å². The number of nitrogens with zero attached hydrogens (tertiary/aromatic N) is 2. The highest BCUT2D eigenvalue weighted by atomic mass is 15.3. The molecule has 1 aromatic carbocycles. The minimum atomic E-state index is 0.724. The van der Waals surface area contributed by atoms with E-state index in [-0.39, 0.29) is 0 Å². The number of guanidine groups is 1. The summed E-state index contributed by atoms with van der Waals surface area (Å²) in [6.45, 7) is 3.69. The Kier molecular flexibility index (Phi) is 4.68. The average Bonchev–Trinajstić information content (AvgIpc) is 2.25. The molecule has 0 aromatic heterocycles. The van der Waals surface area contributed by atoms with Gasteiger partial charge in [-0.3, -0.25) is 0 Å². The van der Waals surface area contributed by atoms with E-state index in [0.717, 1.165) is 19.0 Å². The molecule has 0 heterocycles. The summed E-state index contributed by atoms with van der Waals surface area (Å²) in [5, 5.41) is 3.23. The second-order valence-electron chi connectivity index (χ2n) is 3.55. The van der Waals surface area contributed by atoms with E-state index >= 15 is 0 Å². The topological polar surface area (TPSA) is 27.6 Å². The van der Waals surface area contributed by atoms with E-state index in [2.05, 4.69) is 29.4 Å². The Hall–Kier alpha value is -1.51. The van der Waals surface area contributed by atoms with Crippen molar-refractivity contribution < 1.29 is 0 Å². The summed E-state index contributed by atoms with van der Waals surface area (Å²) >= 11 is 0. The molecule has 1 aromatic rings. The number of hydrogen-bond acceptors (Lipinski definition) is 1. The molecule has 0 saturated carbocycles. The number of aliphatic imine (C=N–C) groups is 1. The van der Waals surface area contributed by atoms with E-state index in [0.29, 0.717) is 0 Å². The molecule has 0 aliphatic carbocycles. The SMILES string of the molecule is CCNC(=NCc1ccccc1)N(C)C. The number of benzene rings is 1. The van der Waals surface area contributed by atoms with Gasteiger partial charge in [0.2, 0.25) is 0 Å². The summed E-state index contributed by atoms with van der Waals surface area (Å²) in [7, 11) is 3.99. The van der Waals surface area contributed by atoms with Crippen molar-refractivity contribution in [1.29, 1.82) is 0 Å². The zero-order valence-corrected chi connectivity index (χ0v) is 9.70. The van der Waals surface area contributed by atoms with Crippen LogP contribution in [0, 0.1) is 0 Å². The summed E-state index contributed by atoms with van der Waals surface area (Å²) in [5.74, 6) is 0.932. The molecule has 0 bridgehead atoms. The molecule has 0 unspecified atom stereocenters. The minimum Gasteiger partial charge on any atom is -0.357 e. The van der Waals surface area contributed by atoms with Crippen LogP contribution in [0.5, 0.6) is 0 Å². The first-order valence-electron chi connectivity index (χ1n) is 5.23. The third kappa shape index (κ3) is 4.02. The molecule has 0 amide bonds. The van der Waals surface area contributed by atoms with E-state index in [1.807, 2.05) is 37.2 Å². The van der Waals surface area contributed by atoms with Crippen LogP contribution in [-0.2, 0) is 6.54 Å². The van der Waals surface area contributed by atoms with Crippen LogP contribution in [-0.4, -0.2) is 31.5 Å². The Labute approximate surface area is 91.8 Å². The predicted molar refractivity (Wildman–Crippen MR) is 64.9 cm³/mol. The highest BCUT2D eigenvalue weighted by molar-refractivity contribution is 5.79. The zero-order valence-electron chi connectivity index (χ0n) is 9.70. The molecule has 3 nitrogen and oxygen atoms in total. The van der Waals surface area contributed by atoms with Crippen LogP contribution >= 0.6 is 0 Å². The molecule has 0 saturated heterocycles. The smallest absolute Gasteiger partial charge is 0.193 e. The second kappa shape index (κ2) is 6.06. The van der Waals surface area contributed by atoms with Crippen LogP contribution < -0.4 is 5.32 Å². The average molecular weight is 205 g/mol. The lowest BCUT2D eigenvalue weighted by atomic mass is 10.2. The molecule has 15 heavy (non-hydrogen) atoms. The Morgan fingerprint density at radius 2 is 1.93 bits per heavy atom. The lowest BCUT2D eigenvalue weighted by Crippen LogP contribution is -2.36. The fraction of sp³-hybridized carbons (Fsp3) is 0.417. The van der Waals surface area contributed by atoms with E-state index in [9.17, 15) is 0 Å². The van der Waals surface area contributed by atoms with E-state index in [4.69, 9.17) is 0 Å². The van der Waals surface area contributed by atoms with Crippen LogP contribution in [0.15, 0.2) is 35.3 Å². The molecule has 0 spiro atoms. The fourth-order valence-electron chi connectivity index (χ4n) is 1.26. The van der Waals surface area contributed by atoms with Crippen molar-refractivity contribution in [1.82, 2.24) is 10.2 Å². The van der Waals surface area contributed by atoms with Crippen LogP contribution in [0.1, 0.15) is 12.5 Å². The quantitative estimate of drug-likeness (QED) is 0.601. The van der Waals surface area contributed by atoms with Gasteiger partial charge in [-0.1, -0.05) is 30.3 Å². The molecular formula is C12H19N3. The van der Waals surface area contributed by atoms with Gasteiger partial charge in [-0.15, -0.1) is 0 Å². The molecule has 0 aliphatic rings. The molecule has 0 fully saturated rings. The maximum Gasteiger partial charge on any atom is 0.193 e. The molecule has 0 aliphatic heterocycles. The van der Waals surface area contributed by atoms with Crippen LogP contribution in [0.3, 0.4) is 0 Å². The van der Waals surface area contributed by atoms with Gasteiger partial charge in [0, 0.05) is 20.6 Å². The van der Waals surface area contributed by atoms with Crippen molar-refractivity contribution in [2.45, 2.75) is 13.5 Å². The van der Waals surface area contributed by atoms with Gasteiger partial charge in [0.05, 0.1) is 6.54 Å². The summed E-state index contributed by atoms with van der Waals surface area (Å²) < 4.78 is 0. The second-order valence-corrected chi connectivity index (χ2v) is 3.55. The molecular weight excluding hydrogens is 186 g/mol. The van der Waals surface area contributed by atoms with E-state index in [1.54, 1.807) is 0 Å². The van der Waals surface area contributed by atoms with Crippen molar-refractivity contribution in [3.8, 4) is 0 Å². The van der Waals surface area contributed by atoms with Gasteiger partial charge in [0.1, 0.15) is 0 Å². The lowest BCUT2D eigenvalue weighted by molar-refractivity contribution is 0.583. The summed E-state index contributed by atoms with van der Waals surface area (Å²) in [5.41, 5.74) is 1.23. The first-order valence-corrected chi connectivity index (χ1v) is 5.23. The molecule has 0 atom stereocenters. The van der Waals surface area contributed by atoms with E-state index in [1.165, 1.54) is 5.56 Å². The van der Waals surface area contributed by atoms with Crippen LogP contribution in [0.2, 0.25) is 0 Å². The minimum absolute atomic E-state index is 0.724. The maximum atomic E-state index is 4.51. The largest absolute Gasteiger partial charge is 0.357 e. The highest BCUT2D eigenvalue weighted by Crippen LogP contribution is 2.00. The Bertz CT molecular complexity index is 304. The van der Waals surface area contributed by atoms with Gasteiger partial charge in [0.15, 0.2) is 5.96 Å². The van der Waals surface area contributed by atoms with Crippen molar-refractivity contribution in [3.63, 3.8) is 0 Å². The van der Waals surface area contributed by atoms with Gasteiger partial charge in [-0.2, -0.15) is 0 Å². The van der Waals surface area contributed by atoms with Crippen LogP contribution in [0.4, 0.5) is 0 Å². The van der Waals surface area contributed by atoms with Crippen molar-refractivity contribution >= 4 is 5.96 Å². The van der Waals surface area contributed by atoms with Gasteiger partial charge < -0.3 is 10.2 Å². The normalized spacial score (nSPS) is 11.3. The molecule has 0 radical (unpaired) electrons. The fourth-order valence-corrected chi connectivity index (χ4v) is 1.26. The lowest BCUT2D eigenvalue weighted by Gasteiger charge is -2.16. The van der Waals surface area contributed by atoms with Gasteiger partial charge in [-0.25, -0.2) is 4.99 Å². The highest BCUT2D eigenvalue weighted by Gasteiger charge is 1.98. The van der Waals surface area contributed by atoms with Gasteiger partial charge in [0.25, 0.3) is 0 Å². The monoisotopic (exact) mass is 205 g/mol. The van der Waals surface area contributed by atoms with Crippen molar-refractivity contribution in [3.05, 3.63) is 35.9 Å². The first kappa shape index (κ1) is 11.6. The first-order chi connectivity index (χ1) is 7.24. The standard InChI is InChI=1S/C12H19N3/c1-4-13-12(15(2)3)14-10-11-8-6-5-7-9-11/h5-9H,4,10H2,1-3H3,(H,13,14). The van der Waals surface area contributed by atoms with Crippen molar-refractivity contribution in [2.75, 3.05) is 20.6 Å². The molecule has 3 heteroatoms. The zero-order chi connectivity index (χ0) is 11.1. The number of hydrogen-bond donors (Lipinski definition) is 1. The maximum absolute atomic E-state index is 4.51. The van der Waals surface area contributed by atoms with E-state index < -0.39 is 0 Å². The third-order valence-corrected chi connectivity index (χ3v) is 2.01. The molecule has 1 rings (SSSR count). The van der Waals surface area contributed by atoms with Crippen molar-refractivity contribution in [2.24, 2.45) is 4.99 Å². The predicted octanol–water partition coefficient (Wildman–Crippen LogP) is 1.71. The number of nitrogens with one attached hydrogen (secondary N) is 1. The number of rotatable bonds is 3. The molecule has 1 N–H and O–H groups in total. The Morgan fingerprint density at radius 3 is 2.47 bits per heavy atom. The Morgan fingerprint density at radius 1 is 1.27 bits per heavy atom.